The maximum absolute atomic E-state index is 12.2. The van der Waals surface area contributed by atoms with Crippen LogP contribution < -0.4 is 10.6 Å². The summed E-state index contributed by atoms with van der Waals surface area (Å²) in [5, 5.41) is 16.8. The number of amides is 1. The molecule has 1 aromatic rings. The largest absolute Gasteiger partial charge is 0.326 e. The number of nitro groups is 1. The highest BCUT2D eigenvalue weighted by Gasteiger charge is 2.57. The summed E-state index contributed by atoms with van der Waals surface area (Å²) in [6.45, 7) is 1.95. The van der Waals surface area contributed by atoms with E-state index >= 15 is 0 Å². The van der Waals surface area contributed by atoms with Crippen LogP contribution in [-0.4, -0.2) is 23.9 Å². The fraction of sp³-hybridized carbons (Fsp3) is 0.500. The number of piperidine rings is 1. The molecule has 0 aromatic heterocycles. The van der Waals surface area contributed by atoms with Crippen LogP contribution in [0.25, 0.3) is 0 Å². The van der Waals surface area contributed by atoms with Crippen molar-refractivity contribution in [1.82, 2.24) is 5.32 Å². The molecular formula is C14H17N3O3. The van der Waals surface area contributed by atoms with E-state index in [9.17, 15) is 14.9 Å². The van der Waals surface area contributed by atoms with Crippen molar-refractivity contribution in [2.45, 2.75) is 19.3 Å². The van der Waals surface area contributed by atoms with E-state index in [4.69, 9.17) is 0 Å². The molecule has 1 saturated heterocycles. The predicted octanol–water partition coefficient (Wildman–Crippen LogP) is 1.92. The van der Waals surface area contributed by atoms with E-state index < -0.39 is 4.92 Å². The minimum atomic E-state index is -0.457. The maximum Gasteiger partial charge on any atom is 0.271 e. The van der Waals surface area contributed by atoms with Crippen LogP contribution in [0.5, 0.6) is 0 Å². The molecule has 2 fully saturated rings. The van der Waals surface area contributed by atoms with Crippen LogP contribution in [0, 0.1) is 21.4 Å². The second-order valence-corrected chi connectivity index (χ2v) is 5.67. The second-order valence-electron chi connectivity index (χ2n) is 5.67. The number of carbonyl (C=O) groups is 1. The number of carbonyl (C=O) groups excluding carboxylic acids is 1. The molecule has 1 aromatic carbocycles. The summed E-state index contributed by atoms with van der Waals surface area (Å²) in [6, 6.07) is 6.08. The zero-order valence-electron chi connectivity index (χ0n) is 11.1. The van der Waals surface area contributed by atoms with E-state index in [1.165, 1.54) is 12.1 Å². The number of rotatable bonds is 3. The van der Waals surface area contributed by atoms with Crippen molar-refractivity contribution in [3.8, 4) is 0 Å². The van der Waals surface area contributed by atoms with Gasteiger partial charge in [0, 0.05) is 23.7 Å². The molecule has 0 bridgehead atoms. The molecule has 2 N–H and O–H groups in total. The van der Waals surface area contributed by atoms with Gasteiger partial charge in [-0.25, -0.2) is 0 Å². The minimum absolute atomic E-state index is 0.00447. The van der Waals surface area contributed by atoms with E-state index in [1.807, 2.05) is 0 Å². The zero-order valence-corrected chi connectivity index (χ0v) is 11.1. The van der Waals surface area contributed by atoms with Gasteiger partial charge in [-0.15, -0.1) is 0 Å². The monoisotopic (exact) mass is 275 g/mol. The van der Waals surface area contributed by atoms with Gasteiger partial charge in [0.2, 0.25) is 5.91 Å². The molecule has 1 amide bonds. The normalized spacial score (nSPS) is 23.3. The fourth-order valence-corrected chi connectivity index (χ4v) is 3.12. The summed E-state index contributed by atoms with van der Waals surface area (Å²) in [7, 11) is 0. The van der Waals surface area contributed by atoms with Crippen molar-refractivity contribution >= 4 is 17.3 Å². The molecule has 1 unspecified atom stereocenters. The second kappa shape index (κ2) is 4.86. The van der Waals surface area contributed by atoms with Gasteiger partial charge < -0.3 is 10.6 Å². The molecular weight excluding hydrogens is 258 g/mol. The number of nitrogens with one attached hydrogen (secondary N) is 2. The third kappa shape index (κ3) is 2.38. The molecule has 0 radical (unpaired) electrons. The van der Waals surface area contributed by atoms with Crippen molar-refractivity contribution < 1.29 is 9.72 Å². The summed E-state index contributed by atoms with van der Waals surface area (Å²) in [4.78, 5) is 22.5. The number of hydrogen-bond donors (Lipinski definition) is 2. The highest BCUT2D eigenvalue weighted by molar-refractivity contribution is 5.95. The molecule has 6 nitrogen and oxygen atoms in total. The first-order valence-corrected chi connectivity index (χ1v) is 6.87. The molecule has 20 heavy (non-hydrogen) atoms. The number of benzene rings is 1. The number of non-ortho nitro benzene ring substituents is 1. The first-order valence-electron chi connectivity index (χ1n) is 6.87. The van der Waals surface area contributed by atoms with E-state index in [1.54, 1.807) is 12.1 Å². The first-order chi connectivity index (χ1) is 9.61. The van der Waals surface area contributed by atoms with Crippen LogP contribution in [0.3, 0.4) is 0 Å². The van der Waals surface area contributed by atoms with Gasteiger partial charge in [-0.05, 0) is 43.8 Å². The van der Waals surface area contributed by atoms with Crippen LogP contribution in [0.4, 0.5) is 11.4 Å². The lowest BCUT2D eigenvalue weighted by atomic mass is 9.92. The Kier molecular flexibility index (Phi) is 3.17. The molecule has 1 saturated carbocycles. The number of nitrogens with zero attached hydrogens (tertiary/aromatic N) is 1. The van der Waals surface area contributed by atoms with Crippen LogP contribution >= 0.6 is 0 Å². The van der Waals surface area contributed by atoms with E-state index in [0.29, 0.717) is 5.69 Å². The molecule has 106 valence electrons. The lowest BCUT2D eigenvalue weighted by Crippen LogP contribution is -2.31. The van der Waals surface area contributed by atoms with Gasteiger partial charge in [-0.2, -0.15) is 0 Å². The van der Waals surface area contributed by atoms with Crippen molar-refractivity contribution in [2.24, 2.45) is 11.3 Å². The molecule has 2 aliphatic rings. The number of anilines is 1. The Balaban J connectivity index is 1.65. The van der Waals surface area contributed by atoms with Crippen LogP contribution in [0.2, 0.25) is 0 Å². The minimum Gasteiger partial charge on any atom is -0.326 e. The van der Waals surface area contributed by atoms with Crippen LogP contribution in [0.15, 0.2) is 24.3 Å². The van der Waals surface area contributed by atoms with Gasteiger partial charge in [-0.1, -0.05) is 6.07 Å². The van der Waals surface area contributed by atoms with Crippen molar-refractivity contribution in [1.29, 1.82) is 0 Å². The summed E-state index contributed by atoms with van der Waals surface area (Å²) < 4.78 is 0. The third-order valence-corrected chi connectivity index (χ3v) is 4.43. The molecule has 3 rings (SSSR count). The van der Waals surface area contributed by atoms with E-state index in [2.05, 4.69) is 10.6 Å². The third-order valence-electron chi connectivity index (χ3n) is 4.43. The number of nitro benzene ring substituents is 1. The summed E-state index contributed by atoms with van der Waals surface area (Å²) in [5.41, 5.74) is 0.672. The van der Waals surface area contributed by atoms with Crippen LogP contribution in [0.1, 0.15) is 19.3 Å². The zero-order chi connectivity index (χ0) is 14.2. The van der Waals surface area contributed by atoms with Gasteiger partial charge in [0.1, 0.15) is 0 Å². The Morgan fingerprint density at radius 2 is 2.15 bits per heavy atom. The average Bonchev–Trinajstić information content (AvgIpc) is 3.13. The molecule has 1 aliphatic carbocycles. The van der Waals surface area contributed by atoms with Crippen molar-refractivity contribution in [3.63, 3.8) is 0 Å². The first kappa shape index (κ1) is 13.1. The average molecular weight is 275 g/mol. The summed E-state index contributed by atoms with van der Waals surface area (Å²) in [5.74, 6) is 0.0521. The Labute approximate surface area is 116 Å². The highest BCUT2D eigenvalue weighted by Crippen LogP contribution is 2.58. The topological polar surface area (TPSA) is 84.3 Å². The van der Waals surface area contributed by atoms with E-state index in [-0.39, 0.29) is 22.9 Å². The SMILES string of the molecule is O=C(Nc1cccc([N+](=O)[O-])c1)C1CC12CCNCC2. The molecule has 1 heterocycles. The van der Waals surface area contributed by atoms with Gasteiger partial charge in [0.15, 0.2) is 0 Å². The smallest absolute Gasteiger partial charge is 0.271 e. The summed E-state index contributed by atoms with van der Waals surface area (Å²) >= 11 is 0. The fourth-order valence-electron chi connectivity index (χ4n) is 3.12. The maximum atomic E-state index is 12.2. The Morgan fingerprint density at radius 3 is 2.85 bits per heavy atom. The highest BCUT2D eigenvalue weighted by atomic mass is 16.6. The standard InChI is InChI=1S/C14H17N3O3/c18-13(12-9-14(12)4-6-15-7-5-14)16-10-2-1-3-11(8-10)17(19)20/h1-3,8,12,15H,4-7,9H2,(H,16,18). The molecule has 1 atom stereocenters. The molecule has 1 aliphatic heterocycles. The van der Waals surface area contributed by atoms with Crippen LogP contribution in [-0.2, 0) is 4.79 Å². The quantitative estimate of drug-likeness (QED) is 0.652. The molecule has 6 heteroatoms. The lowest BCUT2D eigenvalue weighted by Gasteiger charge is -2.23. The lowest BCUT2D eigenvalue weighted by molar-refractivity contribution is -0.384. The van der Waals surface area contributed by atoms with Gasteiger partial charge in [0.05, 0.1) is 4.92 Å². The van der Waals surface area contributed by atoms with Gasteiger partial charge in [-0.3, -0.25) is 14.9 Å². The van der Waals surface area contributed by atoms with Gasteiger partial charge in [0.25, 0.3) is 5.69 Å². The van der Waals surface area contributed by atoms with Crippen molar-refractivity contribution in [3.05, 3.63) is 34.4 Å². The van der Waals surface area contributed by atoms with Gasteiger partial charge >= 0.3 is 0 Å². The molecule has 1 spiro atoms. The Hall–Kier alpha value is -1.95. The Bertz CT molecular complexity index is 552. The van der Waals surface area contributed by atoms with E-state index in [0.717, 1.165) is 32.4 Å². The Morgan fingerprint density at radius 1 is 1.40 bits per heavy atom. The number of hydrogen-bond acceptors (Lipinski definition) is 4. The van der Waals surface area contributed by atoms with Crippen molar-refractivity contribution in [2.75, 3.05) is 18.4 Å². The predicted molar refractivity (Wildman–Crippen MR) is 74.4 cm³/mol. The summed E-state index contributed by atoms with van der Waals surface area (Å²) in [6.07, 6.45) is 3.02.